The molecule has 9 heteroatoms. The van der Waals surface area contributed by atoms with E-state index in [0.29, 0.717) is 27.1 Å². The minimum atomic E-state index is -0.168. The van der Waals surface area contributed by atoms with Crippen LogP contribution in [0, 0.1) is 0 Å². The highest BCUT2D eigenvalue weighted by atomic mass is 32.2. The summed E-state index contributed by atoms with van der Waals surface area (Å²) in [6, 6.07) is 16.4. The number of anilines is 1. The van der Waals surface area contributed by atoms with E-state index >= 15 is 0 Å². The van der Waals surface area contributed by atoms with Gasteiger partial charge in [-0.25, -0.2) is 0 Å². The van der Waals surface area contributed by atoms with Crippen LogP contribution in [0.1, 0.15) is 16.9 Å². The molecule has 1 saturated heterocycles. The summed E-state index contributed by atoms with van der Waals surface area (Å²) in [6.45, 7) is 0.247. The number of thioether (sulfide) groups is 1. The molecule has 0 spiro atoms. The molecule has 4 rings (SSSR count). The van der Waals surface area contributed by atoms with E-state index in [-0.39, 0.29) is 18.2 Å². The number of carbonyl (C=O) groups excluding carboxylic acids is 1. The minimum Gasteiger partial charge on any atom is -0.504 e. The second-order valence-electron chi connectivity index (χ2n) is 7.63. The summed E-state index contributed by atoms with van der Waals surface area (Å²) in [5, 5.41) is 18.7. The van der Waals surface area contributed by atoms with E-state index in [9.17, 15) is 9.90 Å². The zero-order chi connectivity index (χ0) is 24.1. The first kappa shape index (κ1) is 23.2. The summed E-state index contributed by atoms with van der Waals surface area (Å²) in [5.41, 5.74) is 2.69. The van der Waals surface area contributed by atoms with Crippen molar-refractivity contribution in [1.82, 2.24) is 4.90 Å². The van der Waals surface area contributed by atoms with Gasteiger partial charge >= 0.3 is 0 Å². The van der Waals surface area contributed by atoms with Gasteiger partial charge in [0.2, 0.25) is 0 Å². The Morgan fingerprint density at radius 3 is 2.59 bits per heavy atom. The molecule has 0 radical (unpaired) electrons. The second-order valence-corrected chi connectivity index (χ2v) is 8.63. The normalized spacial score (nSPS) is 16.2. The number of methoxy groups -OCH3 is 1. The van der Waals surface area contributed by atoms with Crippen LogP contribution in [0.15, 0.2) is 80.4 Å². The summed E-state index contributed by atoms with van der Waals surface area (Å²) < 4.78 is 10.6. The number of phenolic OH excluding ortho intramolecular Hbond substituents is 1. The Morgan fingerprint density at radius 1 is 1.15 bits per heavy atom. The number of amides is 1. The van der Waals surface area contributed by atoms with E-state index in [1.54, 1.807) is 24.5 Å². The van der Waals surface area contributed by atoms with Crippen molar-refractivity contribution in [2.45, 2.75) is 6.54 Å². The summed E-state index contributed by atoms with van der Waals surface area (Å²) in [4.78, 5) is 17.3. The minimum absolute atomic E-state index is 0.0425. The molecule has 0 bridgehead atoms. The largest absolute Gasteiger partial charge is 0.504 e. The monoisotopic (exact) mass is 476 g/mol. The number of phenols is 1. The molecule has 1 fully saturated rings. The highest BCUT2D eigenvalue weighted by Crippen LogP contribution is 2.34. The Labute approximate surface area is 201 Å². The van der Waals surface area contributed by atoms with E-state index in [1.165, 1.54) is 36.1 Å². The Morgan fingerprint density at radius 2 is 1.91 bits per heavy atom. The maximum absolute atomic E-state index is 13.2. The maximum Gasteiger partial charge on any atom is 0.267 e. The number of ether oxygens (including phenoxy) is 1. The molecule has 174 valence electrons. The number of rotatable bonds is 7. The number of hydrogen-bond donors (Lipinski definition) is 1. The van der Waals surface area contributed by atoms with Gasteiger partial charge in [-0.05, 0) is 71.4 Å². The van der Waals surface area contributed by atoms with E-state index < -0.39 is 0 Å². The second kappa shape index (κ2) is 10.3. The molecular weight excluding hydrogens is 452 g/mol. The molecule has 1 N–H and O–H groups in total. The first-order valence-electron chi connectivity index (χ1n) is 10.4. The fourth-order valence-corrected chi connectivity index (χ4v) is 4.15. The van der Waals surface area contributed by atoms with Gasteiger partial charge in [0, 0.05) is 19.8 Å². The molecule has 1 aliphatic heterocycles. The van der Waals surface area contributed by atoms with Gasteiger partial charge in [0.15, 0.2) is 16.7 Å². The number of furan rings is 1. The van der Waals surface area contributed by atoms with Crippen LogP contribution in [-0.4, -0.2) is 48.5 Å². The molecule has 2 aromatic carbocycles. The van der Waals surface area contributed by atoms with Crippen molar-refractivity contribution >= 4 is 40.8 Å². The van der Waals surface area contributed by atoms with Gasteiger partial charge in [-0.2, -0.15) is 5.10 Å². The van der Waals surface area contributed by atoms with Crippen LogP contribution in [-0.2, 0) is 11.3 Å². The molecule has 3 aromatic rings. The molecule has 0 aliphatic carbocycles. The van der Waals surface area contributed by atoms with Gasteiger partial charge in [-0.15, -0.1) is 5.10 Å². The molecule has 0 atom stereocenters. The van der Waals surface area contributed by atoms with Crippen LogP contribution >= 0.6 is 11.8 Å². The van der Waals surface area contributed by atoms with Crippen molar-refractivity contribution in [3.63, 3.8) is 0 Å². The van der Waals surface area contributed by atoms with Crippen molar-refractivity contribution in [2.75, 3.05) is 26.1 Å². The number of benzene rings is 2. The van der Waals surface area contributed by atoms with Crippen LogP contribution in [0.5, 0.6) is 11.5 Å². The summed E-state index contributed by atoms with van der Waals surface area (Å²) >= 11 is 1.26. The van der Waals surface area contributed by atoms with E-state index in [2.05, 4.69) is 10.2 Å². The number of hydrogen-bond acceptors (Lipinski definition) is 8. The molecular formula is C25H24N4O4S. The SMILES string of the molecule is COc1cc(/C=N/N=C2\S/C(=C\c3ccc(N(C)C)cc3)C(=O)N2Cc2ccco2)ccc1O. The molecule has 1 amide bonds. The van der Waals surface area contributed by atoms with Crippen LogP contribution < -0.4 is 9.64 Å². The zero-order valence-electron chi connectivity index (χ0n) is 19.0. The fourth-order valence-electron chi connectivity index (χ4n) is 3.22. The number of amidine groups is 1. The predicted octanol–water partition coefficient (Wildman–Crippen LogP) is 4.57. The van der Waals surface area contributed by atoms with Crippen LogP contribution in [0.4, 0.5) is 5.69 Å². The topological polar surface area (TPSA) is 90.9 Å². The van der Waals surface area contributed by atoms with Crippen molar-refractivity contribution in [2.24, 2.45) is 10.2 Å². The van der Waals surface area contributed by atoms with E-state index in [4.69, 9.17) is 9.15 Å². The Kier molecular flexibility index (Phi) is 7.03. The Bertz CT molecular complexity index is 1250. The predicted molar refractivity (Wildman–Crippen MR) is 135 cm³/mol. The first-order valence-corrected chi connectivity index (χ1v) is 11.3. The van der Waals surface area contributed by atoms with E-state index in [0.717, 1.165) is 11.3 Å². The molecule has 0 unspecified atom stereocenters. The lowest BCUT2D eigenvalue weighted by atomic mass is 10.2. The van der Waals surface area contributed by atoms with Crippen LogP contribution in [0.25, 0.3) is 6.08 Å². The van der Waals surface area contributed by atoms with Gasteiger partial charge in [0.1, 0.15) is 5.76 Å². The lowest BCUT2D eigenvalue weighted by molar-refractivity contribution is -0.122. The third-order valence-electron chi connectivity index (χ3n) is 5.04. The third kappa shape index (κ3) is 5.32. The van der Waals surface area contributed by atoms with Crippen LogP contribution in [0.2, 0.25) is 0 Å². The number of aromatic hydroxyl groups is 1. The smallest absolute Gasteiger partial charge is 0.267 e. The Balaban J connectivity index is 1.60. The number of carbonyl (C=O) groups is 1. The third-order valence-corrected chi connectivity index (χ3v) is 6.04. The van der Waals surface area contributed by atoms with Crippen molar-refractivity contribution < 1.29 is 19.1 Å². The highest BCUT2D eigenvalue weighted by Gasteiger charge is 2.34. The fraction of sp³-hybridized carbons (Fsp3) is 0.160. The number of nitrogens with zero attached hydrogens (tertiary/aromatic N) is 4. The Hall–Kier alpha value is -3.98. The summed E-state index contributed by atoms with van der Waals surface area (Å²) in [7, 11) is 5.44. The van der Waals surface area contributed by atoms with Gasteiger partial charge in [0.05, 0.1) is 31.0 Å². The van der Waals surface area contributed by atoms with E-state index in [1.807, 2.05) is 55.4 Å². The molecule has 0 saturated carbocycles. The average Bonchev–Trinajstić information content (AvgIpc) is 3.45. The zero-order valence-corrected chi connectivity index (χ0v) is 19.8. The maximum atomic E-state index is 13.2. The molecule has 1 aromatic heterocycles. The average molecular weight is 477 g/mol. The standard InChI is InChI=1S/C25H24N4O4S/c1-28(2)19-9-6-17(7-10-19)14-23-24(31)29(16-20-5-4-12-33-20)25(34-23)27-26-15-18-8-11-21(30)22(13-18)32-3/h4-15,30H,16H2,1-3H3/b23-14-,26-15+,27-25-. The molecule has 1 aliphatic rings. The summed E-state index contributed by atoms with van der Waals surface area (Å²) in [6.07, 6.45) is 4.95. The van der Waals surface area contributed by atoms with Crippen LogP contribution in [0.3, 0.4) is 0 Å². The van der Waals surface area contributed by atoms with Gasteiger partial charge in [-0.1, -0.05) is 12.1 Å². The van der Waals surface area contributed by atoms with Gasteiger partial charge in [0.25, 0.3) is 5.91 Å². The quantitative estimate of drug-likeness (QED) is 0.305. The van der Waals surface area contributed by atoms with Gasteiger partial charge < -0.3 is 19.2 Å². The van der Waals surface area contributed by atoms with Gasteiger partial charge in [-0.3, -0.25) is 9.69 Å². The molecule has 2 heterocycles. The highest BCUT2D eigenvalue weighted by molar-refractivity contribution is 8.18. The molecule has 8 nitrogen and oxygen atoms in total. The van der Waals surface area contributed by atoms with Crippen molar-refractivity contribution in [3.05, 3.63) is 82.7 Å². The van der Waals surface area contributed by atoms with Crippen molar-refractivity contribution in [3.8, 4) is 11.5 Å². The lowest BCUT2D eigenvalue weighted by Gasteiger charge is -2.12. The molecule has 34 heavy (non-hydrogen) atoms. The lowest BCUT2D eigenvalue weighted by Crippen LogP contribution is -2.28. The summed E-state index contributed by atoms with van der Waals surface area (Å²) in [5.74, 6) is 0.858. The van der Waals surface area contributed by atoms with Crippen molar-refractivity contribution in [1.29, 1.82) is 0 Å². The first-order chi connectivity index (χ1) is 16.4.